The number of carbonyl (C=O) groups is 1. The van der Waals surface area contributed by atoms with Crippen LogP contribution in [0.15, 0.2) is 23.7 Å². The third-order valence-corrected chi connectivity index (χ3v) is 1.84. The fourth-order valence-corrected chi connectivity index (χ4v) is 1.22. The van der Waals surface area contributed by atoms with E-state index in [2.05, 4.69) is 15.5 Å². The Morgan fingerprint density at radius 2 is 2.60 bits per heavy atom. The molecule has 0 atom stereocenters. The van der Waals surface area contributed by atoms with E-state index in [0.29, 0.717) is 12.4 Å². The minimum Gasteiger partial charge on any atom is -0.463 e. The number of nitrogens with one attached hydrogen (secondary N) is 1. The van der Waals surface area contributed by atoms with E-state index in [1.807, 2.05) is 0 Å². The molecule has 2 rings (SSSR count). The van der Waals surface area contributed by atoms with E-state index in [9.17, 15) is 4.79 Å². The minimum absolute atomic E-state index is 0.350. The van der Waals surface area contributed by atoms with Gasteiger partial charge in [-0.05, 0) is 6.92 Å². The van der Waals surface area contributed by atoms with Crippen molar-refractivity contribution in [1.29, 1.82) is 0 Å². The maximum absolute atomic E-state index is 11.2. The van der Waals surface area contributed by atoms with Crippen molar-refractivity contribution >= 4 is 18.0 Å². The van der Waals surface area contributed by atoms with Crippen LogP contribution in [0.4, 0.5) is 0 Å². The second-order valence-electron chi connectivity index (χ2n) is 2.84. The number of esters is 1. The quantitative estimate of drug-likeness (QED) is 0.553. The Balaban J connectivity index is 2.26. The number of hydrogen-bond donors (Lipinski definition) is 1. The van der Waals surface area contributed by atoms with E-state index in [1.54, 1.807) is 30.2 Å². The van der Waals surface area contributed by atoms with E-state index in [0.717, 1.165) is 5.69 Å². The highest BCUT2D eigenvalue weighted by atomic mass is 16.5. The summed E-state index contributed by atoms with van der Waals surface area (Å²) in [6, 6.07) is 0. The molecule has 0 aliphatic carbocycles. The number of ether oxygens (including phenoxy) is 1. The normalized spacial score (nSPS) is 15.9. The standard InChI is InChI=1S/C9H10N4O2/c1-2-15-9(14)3-8-12-11-5-7-4-10-6-13(7)8/h3-6,12H,2H2,1H3. The van der Waals surface area contributed by atoms with E-state index < -0.39 is 5.97 Å². The number of fused-ring (bicyclic) bond motifs is 1. The molecule has 1 aliphatic rings. The van der Waals surface area contributed by atoms with Gasteiger partial charge >= 0.3 is 5.97 Å². The average Bonchev–Trinajstić information content (AvgIpc) is 2.67. The first-order valence-electron chi connectivity index (χ1n) is 4.51. The summed E-state index contributed by atoms with van der Waals surface area (Å²) in [7, 11) is 0. The van der Waals surface area contributed by atoms with Crippen LogP contribution in [0.3, 0.4) is 0 Å². The van der Waals surface area contributed by atoms with Gasteiger partial charge in [-0.15, -0.1) is 0 Å². The van der Waals surface area contributed by atoms with Crippen molar-refractivity contribution in [3.8, 4) is 0 Å². The van der Waals surface area contributed by atoms with Gasteiger partial charge in [0, 0.05) is 0 Å². The van der Waals surface area contributed by atoms with E-state index >= 15 is 0 Å². The zero-order valence-corrected chi connectivity index (χ0v) is 8.17. The smallest absolute Gasteiger partial charge is 0.334 e. The molecule has 1 N–H and O–H groups in total. The summed E-state index contributed by atoms with van der Waals surface area (Å²) in [6.45, 7) is 2.11. The Hall–Kier alpha value is -2.11. The molecule has 0 bridgehead atoms. The molecule has 0 amide bonds. The zero-order valence-electron chi connectivity index (χ0n) is 8.17. The second kappa shape index (κ2) is 3.95. The van der Waals surface area contributed by atoms with Crippen LogP contribution in [0.5, 0.6) is 0 Å². The van der Waals surface area contributed by atoms with Crippen molar-refractivity contribution in [3.63, 3.8) is 0 Å². The lowest BCUT2D eigenvalue weighted by Gasteiger charge is -2.13. The van der Waals surface area contributed by atoms with Crippen LogP contribution in [0.1, 0.15) is 12.6 Å². The molecular formula is C9H10N4O2. The first-order chi connectivity index (χ1) is 7.31. The van der Waals surface area contributed by atoms with Crippen LogP contribution in [-0.2, 0) is 9.53 Å². The van der Waals surface area contributed by atoms with Crippen LogP contribution in [0, 0.1) is 0 Å². The molecule has 0 fully saturated rings. The lowest BCUT2D eigenvalue weighted by molar-refractivity contribution is -0.137. The zero-order chi connectivity index (χ0) is 10.7. The number of imidazole rings is 1. The summed E-state index contributed by atoms with van der Waals surface area (Å²) in [5.41, 5.74) is 3.51. The Bertz CT molecular complexity index is 433. The first-order valence-corrected chi connectivity index (χ1v) is 4.51. The monoisotopic (exact) mass is 206 g/mol. The molecule has 0 unspecified atom stereocenters. The summed E-state index contributed by atoms with van der Waals surface area (Å²) in [6.07, 6.45) is 6.21. The van der Waals surface area contributed by atoms with Crippen molar-refractivity contribution in [1.82, 2.24) is 15.0 Å². The van der Waals surface area contributed by atoms with E-state index in [1.165, 1.54) is 6.08 Å². The maximum atomic E-state index is 11.2. The molecule has 0 saturated carbocycles. The molecular weight excluding hydrogens is 196 g/mol. The van der Waals surface area contributed by atoms with Gasteiger partial charge in [0.1, 0.15) is 12.1 Å². The van der Waals surface area contributed by atoms with Gasteiger partial charge in [0.05, 0.1) is 30.8 Å². The molecule has 0 spiro atoms. The molecule has 0 radical (unpaired) electrons. The highest BCUT2D eigenvalue weighted by molar-refractivity contribution is 5.90. The number of aromatic nitrogens is 2. The molecule has 1 aromatic heterocycles. The van der Waals surface area contributed by atoms with Gasteiger partial charge in [-0.25, -0.2) is 9.78 Å². The molecule has 0 saturated heterocycles. The van der Waals surface area contributed by atoms with Crippen LogP contribution in [0.2, 0.25) is 0 Å². The first kappa shape index (κ1) is 9.45. The fraction of sp³-hybridized carbons (Fsp3) is 0.222. The van der Waals surface area contributed by atoms with Gasteiger partial charge in [0.25, 0.3) is 0 Å². The fourth-order valence-electron chi connectivity index (χ4n) is 1.22. The predicted octanol–water partition coefficient (Wildman–Crippen LogP) is 0.182. The van der Waals surface area contributed by atoms with Crippen LogP contribution in [0.25, 0.3) is 5.82 Å². The predicted molar refractivity (Wildman–Crippen MR) is 53.9 cm³/mol. The third kappa shape index (κ3) is 1.88. The molecule has 78 valence electrons. The number of rotatable bonds is 2. The van der Waals surface area contributed by atoms with Crippen LogP contribution < -0.4 is 5.43 Å². The summed E-state index contributed by atoms with van der Waals surface area (Å²) < 4.78 is 6.51. The lowest BCUT2D eigenvalue weighted by atomic mass is 10.4. The van der Waals surface area contributed by atoms with Gasteiger partial charge in [-0.1, -0.05) is 0 Å². The summed E-state index contributed by atoms with van der Waals surface area (Å²) in [5, 5.41) is 3.87. The van der Waals surface area contributed by atoms with Crippen LogP contribution >= 0.6 is 0 Å². The topological polar surface area (TPSA) is 68.5 Å². The molecule has 6 nitrogen and oxygen atoms in total. The third-order valence-electron chi connectivity index (χ3n) is 1.84. The highest BCUT2D eigenvalue weighted by Gasteiger charge is 2.11. The molecule has 0 aromatic carbocycles. The Kier molecular flexibility index (Phi) is 2.49. The van der Waals surface area contributed by atoms with Crippen molar-refractivity contribution in [2.75, 3.05) is 6.61 Å². The number of carbonyl (C=O) groups excluding carboxylic acids is 1. The summed E-state index contributed by atoms with van der Waals surface area (Å²) >= 11 is 0. The minimum atomic E-state index is -0.406. The molecule has 1 aromatic rings. The molecule has 2 heterocycles. The Morgan fingerprint density at radius 1 is 1.73 bits per heavy atom. The second-order valence-corrected chi connectivity index (χ2v) is 2.84. The van der Waals surface area contributed by atoms with Crippen molar-refractivity contribution in [3.05, 3.63) is 24.3 Å². The van der Waals surface area contributed by atoms with Crippen LogP contribution in [-0.4, -0.2) is 28.3 Å². The SMILES string of the molecule is CCOC(=O)C=C1NN=Cc2cncn21. The Labute approximate surface area is 86.3 Å². The van der Waals surface area contributed by atoms with Gasteiger partial charge in [-0.2, -0.15) is 5.10 Å². The van der Waals surface area contributed by atoms with Gasteiger partial charge < -0.3 is 4.74 Å². The van der Waals surface area contributed by atoms with E-state index in [4.69, 9.17) is 4.74 Å². The van der Waals surface area contributed by atoms with Gasteiger partial charge in [0.15, 0.2) is 0 Å². The van der Waals surface area contributed by atoms with Crippen molar-refractivity contribution in [2.24, 2.45) is 5.10 Å². The van der Waals surface area contributed by atoms with E-state index in [-0.39, 0.29) is 0 Å². The number of nitrogens with zero attached hydrogens (tertiary/aromatic N) is 3. The lowest BCUT2D eigenvalue weighted by Crippen LogP contribution is -2.19. The maximum Gasteiger partial charge on any atom is 0.334 e. The average molecular weight is 206 g/mol. The molecule has 6 heteroatoms. The molecule has 1 aliphatic heterocycles. The summed E-state index contributed by atoms with van der Waals surface area (Å²) in [4.78, 5) is 15.2. The van der Waals surface area contributed by atoms with Crippen molar-refractivity contribution in [2.45, 2.75) is 6.92 Å². The Morgan fingerprint density at radius 3 is 3.40 bits per heavy atom. The highest BCUT2D eigenvalue weighted by Crippen LogP contribution is 2.08. The molecule has 15 heavy (non-hydrogen) atoms. The number of hydrogen-bond acceptors (Lipinski definition) is 5. The summed E-state index contributed by atoms with van der Waals surface area (Å²) in [5.74, 6) is 0.125. The largest absolute Gasteiger partial charge is 0.463 e. The number of hydrazone groups is 1. The van der Waals surface area contributed by atoms with Crippen molar-refractivity contribution < 1.29 is 9.53 Å². The van der Waals surface area contributed by atoms with Gasteiger partial charge in [0.2, 0.25) is 0 Å². The van der Waals surface area contributed by atoms with Gasteiger partial charge in [-0.3, -0.25) is 9.99 Å².